The Morgan fingerprint density at radius 2 is 1.62 bits per heavy atom. The summed E-state index contributed by atoms with van der Waals surface area (Å²) in [6, 6.07) is 0. The fraction of sp³-hybridized carbons (Fsp3) is 0.556. The molecule has 1 atom stereocenters. The topological polar surface area (TPSA) is 34.1 Å². The standard InChI is InChI=1S/C18H25FO2/c1-11(7-6-8-12(2)19)9-10-16-15(5)17(20)13(3)14(4)18(16)21/h8,11H,6-7,9-10H2,1-5H3/b12-8-. The van der Waals surface area contributed by atoms with Crippen LogP contribution in [-0.4, -0.2) is 11.6 Å². The number of hydrogen-bond donors (Lipinski definition) is 0. The van der Waals surface area contributed by atoms with Crippen molar-refractivity contribution >= 4 is 11.6 Å². The number of rotatable bonds is 6. The van der Waals surface area contributed by atoms with E-state index in [1.54, 1.807) is 26.8 Å². The van der Waals surface area contributed by atoms with Gasteiger partial charge in [-0.2, -0.15) is 0 Å². The van der Waals surface area contributed by atoms with E-state index in [4.69, 9.17) is 0 Å². The first-order chi connectivity index (χ1) is 9.75. The molecule has 21 heavy (non-hydrogen) atoms. The molecule has 0 spiro atoms. The van der Waals surface area contributed by atoms with Crippen molar-refractivity contribution in [3.05, 3.63) is 34.2 Å². The minimum Gasteiger partial charge on any atom is -0.289 e. The third-order valence-corrected chi connectivity index (χ3v) is 4.28. The van der Waals surface area contributed by atoms with Crippen molar-refractivity contribution in [2.24, 2.45) is 5.92 Å². The van der Waals surface area contributed by atoms with E-state index in [0.29, 0.717) is 41.1 Å². The maximum Gasteiger partial charge on any atom is 0.185 e. The molecule has 1 aliphatic rings. The molecule has 0 aliphatic heterocycles. The molecule has 0 saturated carbocycles. The Morgan fingerprint density at radius 3 is 2.19 bits per heavy atom. The van der Waals surface area contributed by atoms with Gasteiger partial charge >= 0.3 is 0 Å². The molecule has 0 fully saturated rings. The Bertz CT molecular complexity index is 531. The first-order valence-electron chi connectivity index (χ1n) is 7.54. The first-order valence-corrected chi connectivity index (χ1v) is 7.54. The predicted octanol–water partition coefficient (Wildman–Crippen LogP) is 4.86. The zero-order valence-electron chi connectivity index (χ0n) is 13.7. The summed E-state index contributed by atoms with van der Waals surface area (Å²) in [6.07, 6.45) is 4.67. The molecule has 1 aliphatic carbocycles. The van der Waals surface area contributed by atoms with Crippen LogP contribution in [0.4, 0.5) is 4.39 Å². The molecule has 0 aromatic heterocycles. The quantitative estimate of drug-likeness (QED) is 0.655. The summed E-state index contributed by atoms with van der Waals surface area (Å²) in [7, 11) is 0. The average Bonchev–Trinajstić information content (AvgIpc) is 2.42. The molecule has 0 bridgehead atoms. The summed E-state index contributed by atoms with van der Waals surface area (Å²) in [6.45, 7) is 8.72. The van der Waals surface area contributed by atoms with Crippen LogP contribution in [0.1, 0.15) is 60.3 Å². The number of hydrogen-bond acceptors (Lipinski definition) is 2. The van der Waals surface area contributed by atoms with Gasteiger partial charge in [0.2, 0.25) is 0 Å². The molecular formula is C18H25FO2. The summed E-state index contributed by atoms with van der Waals surface area (Å²) < 4.78 is 12.6. The molecule has 0 amide bonds. The summed E-state index contributed by atoms with van der Waals surface area (Å²) >= 11 is 0. The highest BCUT2D eigenvalue weighted by molar-refractivity contribution is 6.24. The van der Waals surface area contributed by atoms with Gasteiger partial charge in [-0.3, -0.25) is 9.59 Å². The highest BCUT2D eigenvalue weighted by atomic mass is 19.1. The van der Waals surface area contributed by atoms with Crippen molar-refractivity contribution in [3.63, 3.8) is 0 Å². The molecular weight excluding hydrogens is 267 g/mol. The van der Waals surface area contributed by atoms with E-state index < -0.39 is 0 Å². The Hall–Kier alpha value is -1.51. The van der Waals surface area contributed by atoms with E-state index in [2.05, 4.69) is 6.92 Å². The van der Waals surface area contributed by atoms with Crippen LogP contribution in [0.25, 0.3) is 0 Å². The Morgan fingerprint density at radius 1 is 1.05 bits per heavy atom. The summed E-state index contributed by atoms with van der Waals surface area (Å²) in [5, 5.41) is 0. The van der Waals surface area contributed by atoms with E-state index in [1.807, 2.05) is 0 Å². The lowest BCUT2D eigenvalue weighted by Gasteiger charge is -2.19. The third-order valence-electron chi connectivity index (χ3n) is 4.28. The van der Waals surface area contributed by atoms with Gasteiger partial charge in [0.05, 0.1) is 5.83 Å². The molecule has 1 rings (SSSR count). The van der Waals surface area contributed by atoms with Gasteiger partial charge in [0.1, 0.15) is 0 Å². The molecule has 0 saturated heterocycles. The number of carbonyl (C=O) groups excluding carboxylic acids is 2. The second-order valence-electron chi connectivity index (χ2n) is 6.02. The summed E-state index contributed by atoms with van der Waals surface area (Å²) in [5.41, 5.74) is 2.39. The smallest absolute Gasteiger partial charge is 0.185 e. The number of allylic oxidation sites excluding steroid dienone is 6. The highest BCUT2D eigenvalue weighted by Crippen LogP contribution is 2.28. The van der Waals surface area contributed by atoms with Gasteiger partial charge in [0.25, 0.3) is 0 Å². The number of ketones is 2. The Kier molecular flexibility index (Phi) is 6.25. The van der Waals surface area contributed by atoms with Gasteiger partial charge in [-0.1, -0.05) is 13.0 Å². The minimum atomic E-state index is -0.148. The van der Waals surface area contributed by atoms with Crippen LogP contribution in [0.15, 0.2) is 34.2 Å². The monoisotopic (exact) mass is 292 g/mol. The van der Waals surface area contributed by atoms with E-state index in [-0.39, 0.29) is 17.4 Å². The van der Waals surface area contributed by atoms with Gasteiger partial charge in [-0.05, 0) is 59.3 Å². The highest BCUT2D eigenvalue weighted by Gasteiger charge is 2.27. The fourth-order valence-corrected chi connectivity index (χ4v) is 2.56. The van der Waals surface area contributed by atoms with E-state index in [0.717, 1.165) is 12.8 Å². The van der Waals surface area contributed by atoms with Crippen LogP contribution in [0.5, 0.6) is 0 Å². The van der Waals surface area contributed by atoms with Crippen molar-refractivity contribution in [3.8, 4) is 0 Å². The van der Waals surface area contributed by atoms with Crippen molar-refractivity contribution in [1.82, 2.24) is 0 Å². The average molecular weight is 292 g/mol. The van der Waals surface area contributed by atoms with Crippen LogP contribution in [-0.2, 0) is 9.59 Å². The van der Waals surface area contributed by atoms with E-state index in [1.165, 1.54) is 6.92 Å². The van der Waals surface area contributed by atoms with Crippen molar-refractivity contribution in [2.45, 2.75) is 60.3 Å². The number of carbonyl (C=O) groups is 2. The van der Waals surface area contributed by atoms with Crippen molar-refractivity contribution in [2.75, 3.05) is 0 Å². The first kappa shape index (κ1) is 17.5. The molecule has 0 aromatic rings. The minimum absolute atomic E-state index is 0.00857. The largest absolute Gasteiger partial charge is 0.289 e. The maximum absolute atomic E-state index is 12.6. The lowest BCUT2D eigenvalue weighted by molar-refractivity contribution is -0.116. The van der Waals surface area contributed by atoms with Crippen LogP contribution in [0.2, 0.25) is 0 Å². The lowest BCUT2D eigenvalue weighted by Crippen LogP contribution is -2.21. The third kappa shape index (κ3) is 4.48. The van der Waals surface area contributed by atoms with Crippen molar-refractivity contribution < 1.29 is 14.0 Å². The molecule has 0 radical (unpaired) electrons. The lowest BCUT2D eigenvalue weighted by atomic mass is 9.83. The molecule has 1 unspecified atom stereocenters. The summed E-state index contributed by atoms with van der Waals surface area (Å²) in [4.78, 5) is 24.3. The van der Waals surface area contributed by atoms with Gasteiger partial charge in [-0.25, -0.2) is 4.39 Å². The Balaban J connectivity index is 2.65. The van der Waals surface area contributed by atoms with Crippen LogP contribution in [0, 0.1) is 5.92 Å². The predicted molar refractivity (Wildman–Crippen MR) is 83.6 cm³/mol. The van der Waals surface area contributed by atoms with E-state index >= 15 is 0 Å². The van der Waals surface area contributed by atoms with Gasteiger partial charge in [-0.15, -0.1) is 0 Å². The fourth-order valence-electron chi connectivity index (χ4n) is 2.56. The molecule has 0 N–H and O–H groups in total. The molecule has 3 heteroatoms. The van der Waals surface area contributed by atoms with Crippen LogP contribution < -0.4 is 0 Å². The summed E-state index contributed by atoms with van der Waals surface area (Å²) in [5.74, 6) is 0.253. The maximum atomic E-state index is 12.6. The van der Waals surface area contributed by atoms with Crippen LogP contribution in [0.3, 0.4) is 0 Å². The van der Waals surface area contributed by atoms with Gasteiger partial charge < -0.3 is 0 Å². The van der Waals surface area contributed by atoms with Gasteiger partial charge in [0, 0.05) is 22.3 Å². The number of Topliss-reactive ketones (excluding diaryl/α,β-unsaturated/α-hetero) is 2. The van der Waals surface area contributed by atoms with Gasteiger partial charge in [0.15, 0.2) is 11.6 Å². The second kappa shape index (κ2) is 7.48. The zero-order chi connectivity index (χ0) is 16.2. The van der Waals surface area contributed by atoms with Crippen LogP contribution >= 0.6 is 0 Å². The van der Waals surface area contributed by atoms with E-state index in [9.17, 15) is 14.0 Å². The SMILES string of the molecule is CC1=C(C)C(=O)C(CCC(C)CC/C=C(/C)F)=C(C)C1=O. The van der Waals surface area contributed by atoms with Crippen molar-refractivity contribution in [1.29, 1.82) is 0 Å². The Labute approximate surface area is 126 Å². The second-order valence-corrected chi connectivity index (χ2v) is 6.02. The zero-order valence-corrected chi connectivity index (χ0v) is 13.7. The number of halogens is 1. The molecule has 2 nitrogen and oxygen atoms in total. The molecule has 116 valence electrons. The normalized spacial score (nSPS) is 18.7. The molecule has 0 aromatic carbocycles. The molecule has 0 heterocycles.